The van der Waals surface area contributed by atoms with Gasteiger partial charge in [-0.3, -0.25) is 4.79 Å². The van der Waals surface area contributed by atoms with Crippen LogP contribution in [0.1, 0.15) is 16.3 Å². The van der Waals surface area contributed by atoms with Crippen LogP contribution in [0.25, 0.3) is 0 Å². The van der Waals surface area contributed by atoms with Gasteiger partial charge in [-0.2, -0.15) is 0 Å². The molecule has 0 aliphatic carbocycles. The highest BCUT2D eigenvalue weighted by Gasteiger charge is 2.13. The van der Waals surface area contributed by atoms with E-state index in [9.17, 15) is 4.79 Å². The van der Waals surface area contributed by atoms with Crippen LogP contribution in [0.15, 0.2) is 34.9 Å². The molecule has 18 heavy (non-hydrogen) atoms. The van der Waals surface area contributed by atoms with E-state index < -0.39 is 0 Å². The number of carbonyl (C=O) groups is 1. The Balaban J connectivity index is 2.16. The molecule has 6 heteroatoms. The number of nitrogens with zero attached hydrogens (tertiary/aromatic N) is 1. The Morgan fingerprint density at radius 1 is 1.50 bits per heavy atom. The summed E-state index contributed by atoms with van der Waals surface area (Å²) >= 11 is 0. The first-order valence-corrected chi connectivity index (χ1v) is 5.33. The number of ether oxygens (including phenoxy) is 1. The van der Waals surface area contributed by atoms with Crippen molar-refractivity contribution in [3.05, 3.63) is 42.0 Å². The number of amides is 1. The summed E-state index contributed by atoms with van der Waals surface area (Å²) < 4.78 is 10.3. The predicted molar refractivity (Wildman–Crippen MR) is 65.3 cm³/mol. The Bertz CT molecular complexity index is 551. The number of hydrogen-bond donors (Lipinski definition) is 2. The summed E-state index contributed by atoms with van der Waals surface area (Å²) in [5.74, 6) is 0.720. The van der Waals surface area contributed by atoms with Crippen LogP contribution in [0.2, 0.25) is 0 Å². The second-order valence-corrected chi connectivity index (χ2v) is 3.48. The van der Waals surface area contributed by atoms with Crippen molar-refractivity contribution in [3.63, 3.8) is 0 Å². The molecule has 3 N–H and O–H groups in total. The number of furan rings is 1. The molecular formula is C12H13N3O3. The van der Waals surface area contributed by atoms with E-state index in [4.69, 9.17) is 14.9 Å². The predicted octanol–water partition coefficient (Wildman–Crippen LogP) is 1.39. The third-order valence-electron chi connectivity index (χ3n) is 2.30. The molecule has 0 fully saturated rings. The number of anilines is 1. The second-order valence-electron chi connectivity index (χ2n) is 3.48. The fraction of sp³-hybridized carbons (Fsp3) is 0.167. The number of nitrogens with two attached hydrogens (primary N) is 1. The molecule has 2 aromatic rings. The highest BCUT2D eigenvalue weighted by Crippen LogP contribution is 2.21. The minimum Gasteiger partial charge on any atom is -0.480 e. The van der Waals surface area contributed by atoms with Crippen LogP contribution in [0.3, 0.4) is 0 Å². The number of nitrogens with one attached hydrogen (secondary N) is 1. The van der Waals surface area contributed by atoms with Crippen molar-refractivity contribution in [1.82, 2.24) is 4.98 Å². The van der Waals surface area contributed by atoms with E-state index in [-0.39, 0.29) is 18.2 Å². The molecule has 0 atom stereocenters. The van der Waals surface area contributed by atoms with Crippen LogP contribution in [-0.4, -0.2) is 18.0 Å². The quantitative estimate of drug-likeness (QED) is 0.852. The van der Waals surface area contributed by atoms with Gasteiger partial charge in [-0.15, -0.1) is 0 Å². The molecule has 1 amide bonds. The van der Waals surface area contributed by atoms with E-state index in [0.717, 1.165) is 0 Å². The molecule has 0 aliphatic heterocycles. The van der Waals surface area contributed by atoms with Crippen molar-refractivity contribution in [3.8, 4) is 5.88 Å². The minimum absolute atomic E-state index is 0.196. The zero-order valence-corrected chi connectivity index (χ0v) is 9.84. The van der Waals surface area contributed by atoms with Gasteiger partial charge >= 0.3 is 0 Å². The number of hydrogen-bond acceptors (Lipinski definition) is 5. The van der Waals surface area contributed by atoms with Crippen LogP contribution in [0.4, 0.5) is 5.69 Å². The van der Waals surface area contributed by atoms with Crippen LogP contribution in [0, 0.1) is 0 Å². The lowest BCUT2D eigenvalue weighted by atomic mass is 10.3. The molecule has 0 aliphatic rings. The molecule has 2 rings (SSSR count). The molecule has 0 radical (unpaired) electrons. The first kappa shape index (κ1) is 12.1. The summed E-state index contributed by atoms with van der Waals surface area (Å²) in [7, 11) is 1.48. The minimum atomic E-state index is -0.374. The largest absolute Gasteiger partial charge is 0.480 e. The maximum atomic E-state index is 11.9. The van der Waals surface area contributed by atoms with Crippen LogP contribution >= 0.6 is 0 Å². The van der Waals surface area contributed by atoms with Crippen molar-refractivity contribution in [2.75, 3.05) is 12.4 Å². The topological polar surface area (TPSA) is 90.4 Å². The maximum absolute atomic E-state index is 11.9. The molecule has 0 bridgehead atoms. The third kappa shape index (κ3) is 2.49. The second kappa shape index (κ2) is 5.33. The monoisotopic (exact) mass is 247 g/mol. The Morgan fingerprint density at radius 3 is 3.00 bits per heavy atom. The number of carbonyl (C=O) groups excluding carboxylic acids is 1. The van der Waals surface area contributed by atoms with E-state index in [1.54, 1.807) is 30.5 Å². The first-order chi connectivity index (χ1) is 8.74. The van der Waals surface area contributed by atoms with Gasteiger partial charge in [0.15, 0.2) is 5.76 Å². The Hall–Kier alpha value is -2.34. The van der Waals surface area contributed by atoms with Gasteiger partial charge in [0, 0.05) is 6.20 Å². The first-order valence-electron chi connectivity index (χ1n) is 5.33. The molecular weight excluding hydrogens is 234 g/mol. The lowest BCUT2D eigenvalue weighted by molar-refractivity contribution is 0.0994. The van der Waals surface area contributed by atoms with Gasteiger partial charge in [0.05, 0.1) is 13.7 Å². The van der Waals surface area contributed by atoms with Crippen molar-refractivity contribution in [1.29, 1.82) is 0 Å². The molecule has 94 valence electrons. The Kier molecular flexibility index (Phi) is 3.59. The lowest BCUT2D eigenvalue weighted by Gasteiger charge is -2.07. The van der Waals surface area contributed by atoms with Gasteiger partial charge in [0.1, 0.15) is 11.4 Å². The van der Waals surface area contributed by atoms with Gasteiger partial charge in [0.2, 0.25) is 5.88 Å². The molecule has 6 nitrogen and oxygen atoms in total. The smallest absolute Gasteiger partial charge is 0.291 e. The standard InChI is InChI=1S/C12H13N3O3/c1-17-12-9(3-2-6-14-12)15-11(16)10-5-4-8(7-13)18-10/h2-6H,7,13H2,1H3,(H,15,16). The van der Waals surface area contributed by atoms with Crippen molar-refractivity contribution >= 4 is 11.6 Å². The molecule has 0 aromatic carbocycles. The number of methoxy groups -OCH3 is 1. The zero-order valence-electron chi connectivity index (χ0n) is 9.84. The average molecular weight is 247 g/mol. The van der Waals surface area contributed by atoms with E-state index in [2.05, 4.69) is 10.3 Å². The van der Waals surface area contributed by atoms with E-state index in [0.29, 0.717) is 17.3 Å². The van der Waals surface area contributed by atoms with Gasteiger partial charge < -0.3 is 20.2 Å². The Morgan fingerprint density at radius 2 is 2.33 bits per heavy atom. The van der Waals surface area contributed by atoms with Crippen LogP contribution < -0.4 is 15.8 Å². The fourth-order valence-electron chi connectivity index (χ4n) is 1.44. The number of pyridine rings is 1. The molecule has 0 spiro atoms. The summed E-state index contributed by atoms with van der Waals surface area (Å²) in [6.45, 7) is 0.253. The highest BCUT2D eigenvalue weighted by atomic mass is 16.5. The van der Waals surface area contributed by atoms with Crippen molar-refractivity contribution < 1.29 is 13.9 Å². The lowest BCUT2D eigenvalue weighted by Crippen LogP contribution is -2.12. The van der Waals surface area contributed by atoms with Crippen LogP contribution in [0.5, 0.6) is 5.88 Å². The molecule has 0 saturated heterocycles. The zero-order chi connectivity index (χ0) is 13.0. The van der Waals surface area contributed by atoms with Crippen molar-refractivity contribution in [2.45, 2.75) is 6.54 Å². The summed E-state index contributed by atoms with van der Waals surface area (Å²) in [6, 6.07) is 6.62. The SMILES string of the molecule is COc1ncccc1NC(=O)c1ccc(CN)o1. The molecule has 2 heterocycles. The summed E-state index contributed by atoms with van der Waals surface area (Å²) in [5, 5.41) is 2.65. The van der Waals surface area contributed by atoms with Crippen LogP contribution in [-0.2, 0) is 6.54 Å². The number of rotatable bonds is 4. The summed E-state index contributed by atoms with van der Waals surface area (Å²) in [4.78, 5) is 15.9. The van der Waals surface area contributed by atoms with E-state index >= 15 is 0 Å². The van der Waals surface area contributed by atoms with E-state index in [1.807, 2.05) is 0 Å². The van der Waals surface area contributed by atoms with E-state index in [1.165, 1.54) is 7.11 Å². The maximum Gasteiger partial charge on any atom is 0.291 e. The average Bonchev–Trinajstić information content (AvgIpc) is 2.88. The highest BCUT2D eigenvalue weighted by molar-refractivity contribution is 6.02. The normalized spacial score (nSPS) is 10.1. The Labute approximate surface area is 104 Å². The summed E-state index contributed by atoms with van der Waals surface area (Å²) in [6.07, 6.45) is 1.58. The van der Waals surface area contributed by atoms with Gasteiger partial charge in [-0.05, 0) is 24.3 Å². The fourth-order valence-corrected chi connectivity index (χ4v) is 1.44. The van der Waals surface area contributed by atoms with Gasteiger partial charge in [-0.1, -0.05) is 0 Å². The molecule has 2 aromatic heterocycles. The summed E-state index contributed by atoms with van der Waals surface area (Å²) in [5.41, 5.74) is 5.89. The van der Waals surface area contributed by atoms with Crippen molar-refractivity contribution in [2.24, 2.45) is 5.73 Å². The molecule has 0 unspecified atom stereocenters. The third-order valence-corrected chi connectivity index (χ3v) is 2.30. The van der Waals surface area contributed by atoms with Gasteiger partial charge in [-0.25, -0.2) is 4.98 Å². The van der Waals surface area contributed by atoms with Gasteiger partial charge in [0.25, 0.3) is 5.91 Å². The number of aromatic nitrogens is 1. The molecule has 0 saturated carbocycles.